The Balaban J connectivity index is 4.30. The molecule has 0 saturated carbocycles. The van der Waals surface area contributed by atoms with Gasteiger partial charge in [-0.1, -0.05) is 196 Å². The van der Waals surface area contributed by atoms with Crippen molar-refractivity contribution in [3.8, 4) is 0 Å². The van der Waals surface area contributed by atoms with Gasteiger partial charge in [-0.05, 0) is 64.2 Å². The zero-order valence-electron chi connectivity index (χ0n) is 41.7. The quantitative estimate of drug-likeness (QED) is 0.0212. The average Bonchev–Trinajstić information content (AvgIpc) is 3.26. The number of esters is 2. The largest absolute Gasteiger partial charge is 0.477 e. The Morgan fingerprint density at radius 2 is 0.891 bits per heavy atom. The Labute approximate surface area is 392 Å². The van der Waals surface area contributed by atoms with Gasteiger partial charge in [0.15, 0.2) is 6.10 Å². The number of ether oxygens (including phenoxy) is 4. The molecule has 1 N–H and O–H groups in total. The first-order valence-corrected chi connectivity index (χ1v) is 25.6. The minimum atomic E-state index is -1.51. The first kappa shape index (κ1) is 60.7. The molecule has 0 rings (SSSR count). The maximum Gasteiger partial charge on any atom is 0.361 e. The molecular weight excluding hydrogens is 803 g/mol. The van der Waals surface area contributed by atoms with E-state index < -0.39 is 24.3 Å². The fraction of sp³-hybridized carbons (Fsp3) is 0.727. The summed E-state index contributed by atoms with van der Waals surface area (Å²) in [6.45, 7) is 4.74. The predicted molar refractivity (Wildman–Crippen MR) is 267 cm³/mol. The minimum Gasteiger partial charge on any atom is -0.477 e. The number of rotatable bonds is 46. The molecule has 0 aromatic rings. The van der Waals surface area contributed by atoms with Crippen LogP contribution in [0.1, 0.15) is 200 Å². The smallest absolute Gasteiger partial charge is 0.361 e. The second kappa shape index (κ2) is 46.3. The summed E-state index contributed by atoms with van der Waals surface area (Å²) in [6, 6.07) is 0. The first-order chi connectivity index (χ1) is 31.1. The van der Waals surface area contributed by atoms with E-state index in [0.29, 0.717) is 23.9 Å². The second-order valence-corrected chi connectivity index (χ2v) is 18.1. The lowest BCUT2D eigenvalue weighted by molar-refractivity contribution is -0.870. The molecule has 368 valence electrons. The number of hydrogen-bond donors (Lipinski definition) is 1. The van der Waals surface area contributed by atoms with Crippen molar-refractivity contribution < 1.29 is 42.9 Å². The molecule has 0 saturated heterocycles. The third kappa shape index (κ3) is 46.7. The van der Waals surface area contributed by atoms with Crippen molar-refractivity contribution in [3.05, 3.63) is 72.9 Å². The number of carboxylic acid groups (broad SMARTS) is 1. The molecule has 9 heteroatoms. The van der Waals surface area contributed by atoms with Gasteiger partial charge in [0, 0.05) is 12.8 Å². The van der Waals surface area contributed by atoms with Gasteiger partial charge in [0.2, 0.25) is 0 Å². The minimum absolute atomic E-state index is 0.184. The van der Waals surface area contributed by atoms with Gasteiger partial charge in [-0.25, -0.2) is 4.79 Å². The molecule has 2 unspecified atom stereocenters. The van der Waals surface area contributed by atoms with Crippen LogP contribution >= 0.6 is 0 Å². The SMILES string of the molecule is CC/C=C\C/C=C\C/C=C\C/C=C\C/C=C\C/C=C\CCCCCCCCCCC(=O)OC(COC(=O)CCCCCCCCCCCCCC)COC(OCC[N+](C)(C)C)C(=O)O. The van der Waals surface area contributed by atoms with Gasteiger partial charge in [0.05, 0.1) is 34.4 Å². The van der Waals surface area contributed by atoms with Crippen molar-refractivity contribution >= 4 is 17.9 Å². The van der Waals surface area contributed by atoms with Crippen LogP contribution in [0.3, 0.4) is 0 Å². The van der Waals surface area contributed by atoms with Crippen LogP contribution in [0.5, 0.6) is 0 Å². The van der Waals surface area contributed by atoms with E-state index in [9.17, 15) is 19.5 Å². The average molecular weight is 899 g/mol. The highest BCUT2D eigenvalue weighted by Gasteiger charge is 2.25. The van der Waals surface area contributed by atoms with Crippen LogP contribution in [0.25, 0.3) is 0 Å². The highest BCUT2D eigenvalue weighted by Crippen LogP contribution is 2.15. The van der Waals surface area contributed by atoms with Crippen molar-refractivity contribution in [1.82, 2.24) is 0 Å². The maximum absolute atomic E-state index is 12.8. The van der Waals surface area contributed by atoms with Gasteiger partial charge in [0.1, 0.15) is 13.2 Å². The molecule has 64 heavy (non-hydrogen) atoms. The lowest BCUT2D eigenvalue weighted by Gasteiger charge is -2.25. The number of likely N-dealkylation sites (N-methyl/N-ethyl adjacent to an activating group) is 1. The standard InChI is InChI=1S/C55H95NO8/c1-6-8-10-12-14-16-18-20-21-22-23-24-25-26-27-28-29-30-31-32-33-34-36-38-40-42-44-46-53(58)64-51(50-63-55(54(59)60)61-48-47-56(3,4)5)49-62-52(57)45-43-41-39-37-35-19-17-15-13-11-9-7-2/h8,10,14,16,20-21,23-24,26-27,29-30,51,55H,6-7,9,11-13,15,17-19,22,25,28,31-50H2,1-5H3/p+1/b10-8-,16-14-,21-20-,24-23-,27-26-,30-29-. The molecular formula is C55H96NO8+. The van der Waals surface area contributed by atoms with Crippen molar-refractivity contribution in [2.24, 2.45) is 0 Å². The van der Waals surface area contributed by atoms with Crippen LogP contribution in [-0.4, -0.2) is 87.4 Å². The molecule has 0 aromatic carbocycles. The number of allylic oxidation sites excluding steroid dienone is 12. The van der Waals surface area contributed by atoms with Crippen LogP contribution in [0, 0.1) is 0 Å². The van der Waals surface area contributed by atoms with E-state index in [0.717, 1.165) is 83.5 Å². The Kier molecular flexibility index (Phi) is 43.9. The predicted octanol–water partition coefficient (Wildman–Crippen LogP) is 14.3. The molecule has 0 spiro atoms. The van der Waals surface area contributed by atoms with Gasteiger partial charge in [-0.3, -0.25) is 9.59 Å². The van der Waals surface area contributed by atoms with Crippen LogP contribution in [-0.2, 0) is 33.3 Å². The number of carboxylic acids is 1. The summed E-state index contributed by atoms with van der Waals surface area (Å²) in [4.78, 5) is 37.2. The third-order valence-electron chi connectivity index (χ3n) is 10.7. The van der Waals surface area contributed by atoms with E-state index in [1.165, 1.54) is 83.5 Å². The normalized spacial score (nSPS) is 13.5. The number of unbranched alkanes of at least 4 members (excludes halogenated alkanes) is 19. The van der Waals surface area contributed by atoms with E-state index in [1.807, 2.05) is 21.1 Å². The van der Waals surface area contributed by atoms with Gasteiger partial charge in [0.25, 0.3) is 6.29 Å². The molecule has 0 radical (unpaired) electrons. The Hall–Kier alpha value is -3.27. The second-order valence-electron chi connectivity index (χ2n) is 18.1. The number of quaternary nitrogens is 1. The van der Waals surface area contributed by atoms with Crippen LogP contribution in [0.15, 0.2) is 72.9 Å². The maximum atomic E-state index is 12.8. The Morgan fingerprint density at radius 3 is 1.33 bits per heavy atom. The third-order valence-corrected chi connectivity index (χ3v) is 10.7. The van der Waals surface area contributed by atoms with Gasteiger partial charge < -0.3 is 28.5 Å². The van der Waals surface area contributed by atoms with E-state index in [4.69, 9.17) is 18.9 Å². The molecule has 0 aliphatic rings. The monoisotopic (exact) mass is 899 g/mol. The Bertz CT molecular complexity index is 1280. The summed E-state index contributed by atoms with van der Waals surface area (Å²) < 4.78 is 22.8. The van der Waals surface area contributed by atoms with Crippen LogP contribution in [0.4, 0.5) is 0 Å². The van der Waals surface area contributed by atoms with E-state index in [-0.39, 0.29) is 32.2 Å². The van der Waals surface area contributed by atoms with Crippen molar-refractivity contribution in [2.75, 3.05) is 47.5 Å². The summed E-state index contributed by atoms with van der Waals surface area (Å²) in [5.74, 6) is -2.02. The number of carbonyl (C=O) groups is 3. The lowest BCUT2D eigenvalue weighted by Crippen LogP contribution is -2.40. The topological polar surface area (TPSA) is 108 Å². The van der Waals surface area contributed by atoms with Crippen LogP contribution in [0.2, 0.25) is 0 Å². The fourth-order valence-electron chi connectivity index (χ4n) is 6.78. The number of aliphatic carboxylic acids is 1. The van der Waals surface area contributed by atoms with E-state index >= 15 is 0 Å². The molecule has 0 bridgehead atoms. The molecule has 0 heterocycles. The van der Waals surface area contributed by atoms with E-state index in [1.54, 1.807) is 0 Å². The zero-order chi connectivity index (χ0) is 47.0. The highest BCUT2D eigenvalue weighted by molar-refractivity contribution is 5.71. The zero-order valence-corrected chi connectivity index (χ0v) is 41.7. The van der Waals surface area contributed by atoms with Crippen molar-refractivity contribution in [3.63, 3.8) is 0 Å². The van der Waals surface area contributed by atoms with Gasteiger partial charge in [-0.2, -0.15) is 0 Å². The summed E-state index contributed by atoms with van der Waals surface area (Å²) >= 11 is 0. The van der Waals surface area contributed by atoms with E-state index in [2.05, 4.69) is 86.8 Å². The number of carbonyl (C=O) groups excluding carboxylic acids is 2. The highest BCUT2D eigenvalue weighted by atomic mass is 16.7. The molecule has 0 aliphatic heterocycles. The lowest BCUT2D eigenvalue weighted by atomic mass is 10.0. The molecule has 0 fully saturated rings. The summed E-state index contributed by atoms with van der Waals surface area (Å²) in [5.41, 5.74) is 0. The first-order valence-electron chi connectivity index (χ1n) is 25.6. The number of nitrogens with zero attached hydrogens (tertiary/aromatic N) is 1. The van der Waals surface area contributed by atoms with Crippen molar-refractivity contribution in [1.29, 1.82) is 0 Å². The molecule has 9 nitrogen and oxygen atoms in total. The van der Waals surface area contributed by atoms with Gasteiger partial charge in [-0.15, -0.1) is 0 Å². The molecule has 0 aromatic heterocycles. The molecule has 0 amide bonds. The summed E-state index contributed by atoms with van der Waals surface area (Å²) in [5, 5.41) is 9.66. The molecule has 2 atom stereocenters. The fourth-order valence-corrected chi connectivity index (χ4v) is 6.78. The van der Waals surface area contributed by atoms with Crippen molar-refractivity contribution in [2.45, 2.75) is 212 Å². The molecule has 0 aliphatic carbocycles. The van der Waals surface area contributed by atoms with Gasteiger partial charge >= 0.3 is 17.9 Å². The Morgan fingerprint density at radius 1 is 0.484 bits per heavy atom. The summed E-state index contributed by atoms with van der Waals surface area (Å²) in [6.07, 6.45) is 55.4. The number of hydrogen-bond acceptors (Lipinski definition) is 7. The van der Waals surface area contributed by atoms with Crippen LogP contribution < -0.4 is 0 Å². The summed E-state index contributed by atoms with van der Waals surface area (Å²) in [7, 11) is 5.95.